The molecule has 174 valence electrons. The molecule has 0 saturated heterocycles. The third-order valence-corrected chi connectivity index (χ3v) is 4.93. The van der Waals surface area contributed by atoms with Gasteiger partial charge in [0.1, 0.15) is 17.2 Å². The number of hydrogen-bond donors (Lipinski definition) is 3. The number of benzene rings is 2. The fraction of sp³-hybridized carbons (Fsp3) is 0.417. The first-order chi connectivity index (χ1) is 15.1. The van der Waals surface area contributed by atoms with Gasteiger partial charge in [-0.3, -0.25) is 4.79 Å². The minimum Gasteiger partial charge on any atom is -0.444 e. The van der Waals surface area contributed by atoms with Crippen molar-refractivity contribution in [2.75, 3.05) is 19.7 Å². The van der Waals surface area contributed by atoms with Crippen molar-refractivity contribution in [3.8, 4) is 0 Å². The molecule has 0 aliphatic rings. The van der Waals surface area contributed by atoms with Crippen LogP contribution in [-0.4, -0.2) is 42.4 Å². The zero-order chi connectivity index (χ0) is 23.8. The van der Waals surface area contributed by atoms with Gasteiger partial charge in [0.15, 0.2) is 0 Å². The summed E-state index contributed by atoms with van der Waals surface area (Å²) in [5.41, 5.74) is -0.115. The fourth-order valence-electron chi connectivity index (χ4n) is 3.45. The zero-order valence-electron chi connectivity index (χ0n) is 18.6. The third-order valence-electron chi connectivity index (χ3n) is 4.93. The average Bonchev–Trinajstić information content (AvgIpc) is 2.73. The van der Waals surface area contributed by atoms with Crippen molar-refractivity contribution in [3.05, 3.63) is 71.3 Å². The molecular formula is C24H30F2N2O4. The predicted molar refractivity (Wildman–Crippen MR) is 117 cm³/mol. The molecule has 32 heavy (non-hydrogen) atoms. The summed E-state index contributed by atoms with van der Waals surface area (Å²) >= 11 is 0. The van der Waals surface area contributed by atoms with Gasteiger partial charge in [0.25, 0.3) is 0 Å². The van der Waals surface area contributed by atoms with E-state index in [2.05, 4.69) is 10.6 Å². The number of rotatable bonds is 9. The Morgan fingerprint density at radius 1 is 0.906 bits per heavy atom. The van der Waals surface area contributed by atoms with Crippen LogP contribution < -0.4 is 10.6 Å². The minimum absolute atomic E-state index is 0.0850. The first-order valence-electron chi connectivity index (χ1n) is 10.4. The highest BCUT2D eigenvalue weighted by atomic mass is 19.1. The second kappa shape index (κ2) is 11.0. The molecule has 3 N–H and O–H groups in total. The minimum atomic E-state index is -0.842. The Labute approximate surface area is 187 Å². The highest BCUT2D eigenvalue weighted by Gasteiger charge is 2.34. The van der Waals surface area contributed by atoms with E-state index in [1.165, 1.54) is 24.3 Å². The van der Waals surface area contributed by atoms with Crippen LogP contribution >= 0.6 is 0 Å². The van der Waals surface area contributed by atoms with Crippen molar-refractivity contribution in [3.63, 3.8) is 0 Å². The van der Waals surface area contributed by atoms with E-state index in [9.17, 15) is 23.5 Å². The van der Waals surface area contributed by atoms with E-state index in [0.717, 1.165) is 0 Å². The lowest BCUT2D eigenvalue weighted by Gasteiger charge is -2.35. The smallest absolute Gasteiger partial charge is 0.408 e. The zero-order valence-corrected chi connectivity index (χ0v) is 18.6. The molecule has 0 aliphatic heterocycles. The standard InChI is InChI=1S/C24H30F2N2O4/c1-23(2,3)32-22(31)27-15-21(30)28-16-24(13-4-14-29,17-5-9-19(25)10-6-17)18-7-11-20(26)12-8-18/h5-12,29H,4,13-16H2,1-3H3,(H,27,31)(H,28,30). The van der Waals surface area contributed by atoms with Gasteiger partial charge in [0.2, 0.25) is 5.91 Å². The normalized spacial score (nSPS) is 11.7. The summed E-state index contributed by atoms with van der Waals surface area (Å²) in [7, 11) is 0. The van der Waals surface area contributed by atoms with E-state index in [0.29, 0.717) is 24.0 Å². The molecule has 0 spiro atoms. The largest absolute Gasteiger partial charge is 0.444 e. The van der Waals surface area contributed by atoms with Crippen LogP contribution in [0.3, 0.4) is 0 Å². The van der Waals surface area contributed by atoms with E-state index in [1.54, 1.807) is 45.0 Å². The van der Waals surface area contributed by atoms with Gasteiger partial charge in [-0.25, -0.2) is 13.6 Å². The molecule has 0 aromatic heterocycles. The maximum atomic E-state index is 13.6. The Morgan fingerprint density at radius 3 is 1.84 bits per heavy atom. The fourth-order valence-corrected chi connectivity index (χ4v) is 3.45. The van der Waals surface area contributed by atoms with Crippen LogP contribution in [0, 0.1) is 11.6 Å². The molecule has 8 heteroatoms. The molecule has 2 amide bonds. The van der Waals surface area contributed by atoms with Crippen LogP contribution in [-0.2, 0) is 14.9 Å². The number of aliphatic hydroxyl groups is 1. The van der Waals surface area contributed by atoms with Crippen LogP contribution in [0.2, 0.25) is 0 Å². The SMILES string of the molecule is CC(C)(C)OC(=O)NCC(=O)NCC(CCCO)(c1ccc(F)cc1)c1ccc(F)cc1. The van der Waals surface area contributed by atoms with Crippen molar-refractivity contribution in [1.29, 1.82) is 0 Å². The van der Waals surface area contributed by atoms with Crippen LogP contribution in [0.4, 0.5) is 13.6 Å². The van der Waals surface area contributed by atoms with E-state index < -0.39 is 34.7 Å². The van der Waals surface area contributed by atoms with Crippen molar-refractivity contribution in [1.82, 2.24) is 10.6 Å². The lowest BCUT2D eigenvalue weighted by atomic mass is 9.71. The second-order valence-corrected chi connectivity index (χ2v) is 8.56. The third kappa shape index (κ3) is 7.30. The number of amides is 2. The number of halogens is 2. The highest BCUT2D eigenvalue weighted by molar-refractivity contribution is 5.82. The van der Waals surface area contributed by atoms with Gasteiger partial charge >= 0.3 is 6.09 Å². The molecule has 0 fully saturated rings. The lowest BCUT2D eigenvalue weighted by Crippen LogP contribution is -2.46. The Bertz CT molecular complexity index is 848. The van der Waals surface area contributed by atoms with Gasteiger partial charge in [-0.1, -0.05) is 24.3 Å². The summed E-state index contributed by atoms with van der Waals surface area (Å²) in [6.45, 7) is 4.86. The molecular weight excluding hydrogens is 418 g/mol. The van der Waals surface area contributed by atoms with Crippen molar-refractivity contribution in [2.45, 2.75) is 44.6 Å². The second-order valence-electron chi connectivity index (χ2n) is 8.56. The highest BCUT2D eigenvalue weighted by Crippen LogP contribution is 2.36. The molecule has 0 heterocycles. The van der Waals surface area contributed by atoms with Crippen molar-refractivity contribution >= 4 is 12.0 Å². The first-order valence-corrected chi connectivity index (χ1v) is 10.4. The number of aliphatic hydroxyl groups excluding tert-OH is 1. The summed E-state index contributed by atoms with van der Waals surface area (Å²) in [6, 6.07) is 11.7. The molecule has 2 aromatic carbocycles. The summed E-state index contributed by atoms with van der Waals surface area (Å²) < 4.78 is 32.3. The maximum Gasteiger partial charge on any atom is 0.408 e. The van der Waals surface area contributed by atoms with Crippen LogP contribution in [0.5, 0.6) is 0 Å². The molecule has 6 nitrogen and oxygen atoms in total. The summed E-state index contributed by atoms with van der Waals surface area (Å²) in [4.78, 5) is 24.3. The molecule has 2 aromatic rings. The van der Waals surface area contributed by atoms with E-state index in [-0.39, 0.29) is 19.7 Å². The van der Waals surface area contributed by atoms with Crippen LogP contribution in [0.15, 0.2) is 48.5 Å². The Hall–Kier alpha value is -3.00. The molecule has 0 unspecified atom stereocenters. The van der Waals surface area contributed by atoms with Crippen LogP contribution in [0.1, 0.15) is 44.7 Å². The molecule has 0 radical (unpaired) electrons. The lowest BCUT2D eigenvalue weighted by molar-refractivity contribution is -0.120. The summed E-state index contributed by atoms with van der Waals surface area (Å²) in [5.74, 6) is -1.27. The van der Waals surface area contributed by atoms with Crippen molar-refractivity contribution < 1.29 is 28.2 Å². The number of hydrogen-bond acceptors (Lipinski definition) is 4. The van der Waals surface area contributed by atoms with Gasteiger partial charge in [-0.15, -0.1) is 0 Å². The molecule has 0 bridgehead atoms. The number of alkyl carbamates (subject to hydrolysis) is 1. The summed E-state index contributed by atoms with van der Waals surface area (Å²) in [5, 5.41) is 14.7. The predicted octanol–water partition coefficient (Wildman–Crippen LogP) is 3.66. The molecule has 2 rings (SSSR count). The van der Waals surface area contributed by atoms with Gasteiger partial charge in [-0.05, 0) is 69.0 Å². The van der Waals surface area contributed by atoms with E-state index >= 15 is 0 Å². The molecule has 0 atom stereocenters. The molecule has 0 aliphatic carbocycles. The average molecular weight is 449 g/mol. The number of carbonyl (C=O) groups is 2. The maximum absolute atomic E-state index is 13.6. The topological polar surface area (TPSA) is 87.7 Å². The van der Waals surface area contributed by atoms with Gasteiger partial charge in [0, 0.05) is 18.6 Å². The van der Waals surface area contributed by atoms with E-state index in [4.69, 9.17) is 4.74 Å². The van der Waals surface area contributed by atoms with Crippen LogP contribution in [0.25, 0.3) is 0 Å². The van der Waals surface area contributed by atoms with E-state index in [1.807, 2.05) is 0 Å². The van der Waals surface area contributed by atoms with Gasteiger partial charge in [-0.2, -0.15) is 0 Å². The Balaban J connectivity index is 2.25. The Kier molecular flexibility index (Phi) is 8.72. The van der Waals surface area contributed by atoms with Crippen molar-refractivity contribution in [2.24, 2.45) is 0 Å². The number of carbonyl (C=O) groups excluding carboxylic acids is 2. The summed E-state index contributed by atoms with van der Waals surface area (Å²) in [6.07, 6.45) is 0.109. The van der Waals surface area contributed by atoms with Gasteiger partial charge in [0.05, 0.1) is 6.54 Å². The number of ether oxygens (including phenoxy) is 1. The molecule has 0 saturated carbocycles. The monoisotopic (exact) mass is 448 g/mol. The quantitative estimate of drug-likeness (QED) is 0.546. The Morgan fingerprint density at radius 2 is 1.41 bits per heavy atom. The number of nitrogens with one attached hydrogen (secondary N) is 2. The van der Waals surface area contributed by atoms with Gasteiger partial charge < -0.3 is 20.5 Å². The first kappa shape index (κ1) is 25.3.